The number of rotatable bonds is 4. The fraction of sp³-hybridized carbons (Fsp3) is 0.417. The smallest absolute Gasteiger partial charge is 0.0432 e. The minimum atomic E-state index is 0.273. The molecule has 0 aromatic heterocycles. The van der Waals surface area contributed by atoms with Crippen LogP contribution in [-0.4, -0.2) is 12.3 Å². The first-order valence-electron chi connectivity index (χ1n) is 5.08. The highest BCUT2D eigenvalue weighted by Crippen LogP contribution is 2.18. The second-order valence-corrected chi connectivity index (χ2v) is 3.64. The summed E-state index contributed by atoms with van der Waals surface area (Å²) in [6.45, 7) is 7.05. The Balaban J connectivity index is 3.00. The van der Waals surface area contributed by atoms with Gasteiger partial charge in [0.15, 0.2) is 0 Å². The number of hydrogen-bond acceptors (Lipinski definition) is 2. The van der Waals surface area contributed by atoms with Crippen LogP contribution in [0.4, 0.5) is 5.69 Å². The molecule has 2 N–H and O–H groups in total. The Labute approximate surface area is 85.9 Å². The lowest BCUT2D eigenvalue weighted by molar-refractivity contribution is 0.877. The van der Waals surface area contributed by atoms with Gasteiger partial charge in [-0.1, -0.05) is 32.0 Å². The van der Waals surface area contributed by atoms with E-state index in [1.54, 1.807) is 0 Å². The molecule has 0 saturated carbocycles. The zero-order chi connectivity index (χ0) is 10.6. The summed E-state index contributed by atoms with van der Waals surface area (Å²) in [6, 6.07) is 8.00. The van der Waals surface area contributed by atoms with Crippen molar-refractivity contribution in [3.8, 4) is 0 Å². The van der Waals surface area contributed by atoms with Crippen molar-refractivity contribution in [2.45, 2.75) is 20.8 Å². The lowest BCUT2D eigenvalue weighted by Gasteiger charge is -2.13. The maximum Gasteiger partial charge on any atom is 0.0432 e. The zero-order valence-electron chi connectivity index (χ0n) is 9.09. The van der Waals surface area contributed by atoms with Crippen LogP contribution >= 0.6 is 0 Å². The quantitative estimate of drug-likeness (QED) is 0.703. The predicted octanol–water partition coefficient (Wildman–Crippen LogP) is 3.14. The van der Waals surface area contributed by atoms with E-state index in [1.807, 2.05) is 38.1 Å². The number of anilines is 1. The zero-order valence-corrected chi connectivity index (χ0v) is 9.09. The standard InChI is InChI=1S/C12H18N2/c1-4-14-11-8-6-5-7-10(11)12(13)9(2)3/h5-9,13-14H,4H2,1-3H3. The molecular weight excluding hydrogens is 172 g/mol. The van der Waals surface area contributed by atoms with Gasteiger partial charge in [-0.2, -0.15) is 0 Å². The molecule has 1 aromatic rings. The molecule has 76 valence electrons. The fourth-order valence-electron chi connectivity index (χ4n) is 1.37. The molecule has 0 aliphatic rings. The van der Waals surface area contributed by atoms with E-state index in [0.717, 1.165) is 17.8 Å². The summed E-state index contributed by atoms with van der Waals surface area (Å²) in [6.07, 6.45) is 0. The Bertz CT molecular complexity index is 316. The highest BCUT2D eigenvalue weighted by Gasteiger charge is 2.09. The van der Waals surface area contributed by atoms with Gasteiger partial charge in [0.25, 0.3) is 0 Å². The van der Waals surface area contributed by atoms with Crippen LogP contribution in [0.3, 0.4) is 0 Å². The van der Waals surface area contributed by atoms with Crippen molar-refractivity contribution in [2.24, 2.45) is 5.92 Å². The first kappa shape index (κ1) is 10.8. The number of para-hydroxylation sites is 1. The molecule has 0 radical (unpaired) electrons. The molecule has 14 heavy (non-hydrogen) atoms. The molecule has 0 saturated heterocycles. The van der Waals surface area contributed by atoms with E-state index in [9.17, 15) is 0 Å². The van der Waals surface area contributed by atoms with Gasteiger partial charge in [0.1, 0.15) is 0 Å². The minimum Gasteiger partial charge on any atom is -0.385 e. The molecular formula is C12H18N2. The molecule has 1 aromatic carbocycles. The third-order valence-corrected chi connectivity index (χ3v) is 2.16. The molecule has 0 amide bonds. The number of nitrogens with one attached hydrogen (secondary N) is 2. The van der Waals surface area contributed by atoms with Crippen LogP contribution in [0, 0.1) is 11.3 Å². The molecule has 0 unspecified atom stereocenters. The maximum absolute atomic E-state index is 7.96. The molecule has 0 spiro atoms. The van der Waals surface area contributed by atoms with Gasteiger partial charge in [0, 0.05) is 23.5 Å². The van der Waals surface area contributed by atoms with Gasteiger partial charge >= 0.3 is 0 Å². The van der Waals surface area contributed by atoms with Crippen LogP contribution in [0.15, 0.2) is 24.3 Å². The predicted molar refractivity (Wildman–Crippen MR) is 62.3 cm³/mol. The van der Waals surface area contributed by atoms with Crippen molar-refractivity contribution in [1.82, 2.24) is 0 Å². The van der Waals surface area contributed by atoms with Crippen molar-refractivity contribution in [2.75, 3.05) is 11.9 Å². The molecule has 0 bridgehead atoms. The molecule has 0 aliphatic heterocycles. The molecule has 2 heteroatoms. The normalized spacial score (nSPS) is 10.3. The van der Waals surface area contributed by atoms with Crippen molar-refractivity contribution in [3.05, 3.63) is 29.8 Å². The largest absolute Gasteiger partial charge is 0.385 e. The van der Waals surface area contributed by atoms with Crippen molar-refractivity contribution in [3.63, 3.8) is 0 Å². The van der Waals surface area contributed by atoms with Crippen LogP contribution in [0.5, 0.6) is 0 Å². The molecule has 0 fully saturated rings. The highest BCUT2D eigenvalue weighted by molar-refractivity contribution is 6.04. The minimum absolute atomic E-state index is 0.273. The summed E-state index contributed by atoms with van der Waals surface area (Å²) in [7, 11) is 0. The average molecular weight is 190 g/mol. The topological polar surface area (TPSA) is 35.9 Å². The first-order chi connectivity index (χ1) is 6.66. The van der Waals surface area contributed by atoms with E-state index in [-0.39, 0.29) is 5.92 Å². The Morgan fingerprint density at radius 2 is 2.00 bits per heavy atom. The van der Waals surface area contributed by atoms with Gasteiger partial charge in [-0.25, -0.2) is 0 Å². The maximum atomic E-state index is 7.96. The van der Waals surface area contributed by atoms with E-state index >= 15 is 0 Å². The number of benzene rings is 1. The Kier molecular flexibility index (Phi) is 3.69. The second kappa shape index (κ2) is 4.80. The molecule has 0 atom stereocenters. The van der Waals surface area contributed by atoms with Crippen LogP contribution in [0.25, 0.3) is 0 Å². The SMILES string of the molecule is CCNc1ccccc1C(=N)C(C)C. The molecule has 0 aliphatic carbocycles. The van der Waals surface area contributed by atoms with Crippen molar-refractivity contribution >= 4 is 11.4 Å². The summed E-state index contributed by atoms with van der Waals surface area (Å²) in [5.74, 6) is 0.273. The van der Waals surface area contributed by atoms with E-state index in [2.05, 4.69) is 12.2 Å². The molecule has 0 heterocycles. The highest BCUT2D eigenvalue weighted by atomic mass is 14.9. The third kappa shape index (κ3) is 2.34. The Hall–Kier alpha value is -1.31. The summed E-state index contributed by atoms with van der Waals surface area (Å²) in [5, 5.41) is 11.2. The van der Waals surface area contributed by atoms with E-state index in [1.165, 1.54) is 0 Å². The van der Waals surface area contributed by atoms with Crippen molar-refractivity contribution in [1.29, 1.82) is 5.41 Å². The summed E-state index contributed by atoms with van der Waals surface area (Å²) in [4.78, 5) is 0. The fourth-order valence-corrected chi connectivity index (χ4v) is 1.37. The van der Waals surface area contributed by atoms with E-state index in [0.29, 0.717) is 5.71 Å². The lowest BCUT2D eigenvalue weighted by Crippen LogP contribution is -2.11. The average Bonchev–Trinajstić information content (AvgIpc) is 2.18. The van der Waals surface area contributed by atoms with Gasteiger partial charge in [0.2, 0.25) is 0 Å². The van der Waals surface area contributed by atoms with Crippen LogP contribution in [0.1, 0.15) is 26.3 Å². The van der Waals surface area contributed by atoms with E-state index < -0.39 is 0 Å². The van der Waals surface area contributed by atoms with Gasteiger partial charge < -0.3 is 10.7 Å². The van der Waals surface area contributed by atoms with Gasteiger partial charge in [-0.3, -0.25) is 0 Å². The lowest BCUT2D eigenvalue weighted by atomic mass is 9.98. The van der Waals surface area contributed by atoms with Gasteiger partial charge in [-0.15, -0.1) is 0 Å². The Morgan fingerprint density at radius 1 is 1.36 bits per heavy atom. The molecule has 1 rings (SSSR count). The van der Waals surface area contributed by atoms with Crippen LogP contribution < -0.4 is 5.32 Å². The van der Waals surface area contributed by atoms with Crippen molar-refractivity contribution < 1.29 is 0 Å². The third-order valence-electron chi connectivity index (χ3n) is 2.16. The number of hydrogen-bond donors (Lipinski definition) is 2. The van der Waals surface area contributed by atoms with Crippen LogP contribution in [-0.2, 0) is 0 Å². The van der Waals surface area contributed by atoms with Gasteiger partial charge in [0.05, 0.1) is 0 Å². The van der Waals surface area contributed by atoms with E-state index in [4.69, 9.17) is 5.41 Å². The summed E-state index contributed by atoms with van der Waals surface area (Å²) in [5.41, 5.74) is 2.78. The first-order valence-corrected chi connectivity index (χ1v) is 5.08. The monoisotopic (exact) mass is 190 g/mol. The van der Waals surface area contributed by atoms with Crippen LogP contribution in [0.2, 0.25) is 0 Å². The van der Waals surface area contributed by atoms with Gasteiger partial charge in [-0.05, 0) is 18.9 Å². The summed E-state index contributed by atoms with van der Waals surface area (Å²) < 4.78 is 0. The Morgan fingerprint density at radius 3 is 2.57 bits per heavy atom. The molecule has 2 nitrogen and oxygen atoms in total. The summed E-state index contributed by atoms with van der Waals surface area (Å²) >= 11 is 0. The second-order valence-electron chi connectivity index (χ2n) is 3.64.